The third kappa shape index (κ3) is 3.64. The van der Waals surface area contributed by atoms with Crippen LogP contribution in [0.15, 0.2) is 48.5 Å². The van der Waals surface area contributed by atoms with Gasteiger partial charge in [-0.15, -0.1) is 0 Å². The number of para-hydroxylation sites is 1. The highest BCUT2D eigenvalue weighted by Gasteiger charge is 2.33. The van der Waals surface area contributed by atoms with Crippen molar-refractivity contribution in [2.75, 3.05) is 11.4 Å². The van der Waals surface area contributed by atoms with Crippen LogP contribution in [0.25, 0.3) is 0 Å². The highest BCUT2D eigenvalue weighted by molar-refractivity contribution is 5.69. The van der Waals surface area contributed by atoms with Crippen molar-refractivity contribution in [2.45, 2.75) is 25.1 Å². The van der Waals surface area contributed by atoms with Crippen LogP contribution in [0.2, 0.25) is 0 Å². The zero-order valence-electron chi connectivity index (χ0n) is 12.9. The van der Waals surface area contributed by atoms with E-state index in [9.17, 15) is 13.6 Å². The van der Waals surface area contributed by atoms with Gasteiger partial charge in [0.2, 0.25) is 0 Å². The molecule has 0 amide bonds. The summed E-state index contributed by atoms with van der Waals surface area (Å²) < 4.78 is 32.7. The molecule has 2 atom stereocenters. The van der Waals surface area contributed by atoms with Crippen molar-refractivity contribution in [1.82, 2.24) is 0 Å². The van der Waals surface area contributed by atoms with Crippen LogP contribution in [0.5, 0.6) is 11.5 Å². The Balaban J connectivity index is 1.74. The summed E-state index contributed by atoms with van der Waals surface area (Å²) in [6, 6.07) is 12.5. The fourth-order valence-corrected chi connectivity index (χ4v) is 2.93. The summed E-state index contributed by atoms with van der Waals surface area (Å²) in [7, 11) is 0. The number of anilines is 1. The molecular formula is C18H17F2NO3. The third-order valence-corrected chi connectivity index (χ3v) is 4.01. The number of benzene rings is 2. The minimum Gasteiger partial charge on any atom is -0.481 e. The molecule has 0 bridgehead atoms. The number of halogens is 2. The normalized spacial score (nSPS) is 20.2. The molecule has 1 aliphatic rings. The van der Waals surface area contributed by atoms with Crippen LogP contribution < -0.4 is 9.64 Å². The van der Waals surface area contributed by atoms with E-state index in [2.05, 4.69) is 0 Å². The van der Waals surface area contributed by atoms with E-state index in [-0.39, 0.29) is 31.2 Å². The number of aliphatic carboxylic acids is 1. The van der Waals surface area contributed by atoms with E-state index < -0.39 is 18.0 Å². The third-order valence-electron chi connectivity index (χ3n) is 4.01. The summed E-state index contributed by atoms with van der Waals surface area (Å²) in [4.78, 5) is 12.7. The largest absolute Gasteiger partial charge is 0.481 e. The average Bonchev–Trinajstić information content (AvgIpc) is 2.90. The number of hydrogen-bond donors (Lipinski definition) is 1. The second-order valence-corrected chi connectivity index (χ2v) is 5.76. The number of carbonyl (C=O) groups is 1. The van der Waals surface area contributed by atoms with E-state index in [1.54, 1.807) is 41.3 Å². The Morgan fingerprint density at radius 3 is 2.58 bits per heavy atom. The zero-order chi connectivity index (χ0) is 17.1. The van der Waals surface area contributed by atoms with Gasteiger partial charge in [0.1, 0.15) is 11.9 Å². The fourth-order valence-electron chi connectivity index (χ4n) is 2.93. The van der Waals surface area contributed by atoms with E-state index in [0.717, 1.165) is 5.69 Å². The predicted octanol–water partition coefficient (Wildman–Crippen LogP) is 4.01. The van der Waals surface area contributed by atoms with Gasteiger partial charge < -0.3 is 14.7 Å². The summed E-state index contributed by atoms with van der Waals surface area (Å²) in [5.41, 5.74) is 0.724. The maximum atomic E-state index is 13.7. The number of ether oxygens (including phenoxy) is 1. The molecule has 6 heteroatoms. The molecule has 0 saturated carbocycles. The number of hydrogen-bond acceptors (Lipinski definition) is 3. The highest BCUT2D eigenvalue weighted by atomic mass is 19.1. The van der Waals surface area contributed by atoms with Crippen LogP contribution in [-0.4, -0.2) is 29.8 Å². The molecule has 126 valence electrons. The molecule has 0 spiro atoms. The van der Waals surface area contributed by atoms with Gasteiger partial charge in [0.05, 0.1) is 6.42 Å². The smallest absolute Gasteiger partial charge is 0.305 e. The first kappa shape index (κ1) is 16.2. The molecule has 1 N–H and O–H groups in total. The van der Waals surface area contributed by atoms with Gasteiger partial charge in [-0.3, -0.25) is 4.79 Å². The Kier molecular flexibility index (Phi) is 4.64. The zero-order valence-corrected chi connectivity index (χ0v) is 12.9. The molecule has 24 heavy (non-hydrogen) atoms. The number of rotatable bonds is 5. The lowest BCUT2D eigenvalue weighted by Crippen LogP contribution is -2.31. The maximum Gasteiger partial charge on any atom is 0.305 e. The second kappa shape index (κ2) is 6.86. The maximum absolute atomic E-state index is 13.7. The minimum absolute atomic E-state index is 0.103. The van der Waals surface area contributed by atoms with Crippen molar-refractivity contribution in [3.05, 3.63) is 54.3 Å². The molecule has 1 saturated heterocycles. The van der Waals surface area contributed by atoms with Crippen molar-refractivity contribution in [3.63, 3.8) is 0 Å². The van der Waals surface area contributed by atoms with Gasteiger partial charge in [-0.25, -0.2) is 8.78 Å². The quantitative estimate of drug-likeness (QED) is 0.898. The topological polar surface area (TPSA) is 49.8 Å². The minimum atomic E-state index is -1.04. The van der Waals surface area contributed by atoms with Gasteiger partial charge in [-0.05, 0) is 36.4 Å². The lowest BCUT2D eigenvalue weighted by atomic mass is 10.1. The number of alkyl halides is 1. The Morgan fingerprint density at radius 1 is 1.21 bits per heavy atom. The van der Waals surface area contributed by atoms with Gasteiger partial charge in [0.25, 0.3) is 0 Å². The highest BCUT2D eigenvalue weighted by Crippen LogP contribution is 2.31. The molecule has 1 aliphatic heterocycles. The van der Waals surface area contributed by atoms with Gasteiger partial charge in [0, 0.05) is 24.7 Å². The van der Waals surface area contributed by atoms with Gasteiger partial charge in [-0.2, -0.15) is 0 Å². The van der Waals surface area contributed by atoms with E-state index in [1.807, 2.05) is 0 Å². The van der Waals surface area contributed by atoms with Crippen LogP contribution >= 0.6 is 0 Å². The molecule has 0 unspecified atom stereocenters. The summed E-state index contributed by atoms with van der Waals surface area (Å²) in [5.74, 6) is -0.824. The van der Waals surface area contributed by atoms with E-state index in [0.29, 0.717) is 5.75 Å². The van der Waals surface area contributed by atoms with Crippen LogP contribution in [0.3, 0.4) is 0 Å². The molecule has 2 aromatic rings. The Morgan fingerprint density at radius 2 is 1.92 bits per heavy atom. The van der Waals surface area contributed by atoms with Gasteiger partial charge in [-0.1, -0.05) is 12.1 Å². The summed E-state index contributed by atoms with van der Waals surface area (Å²) in [5, 5.41) is 8.95. The Labute approximate surface area is 138 Å². The Bertz CT molecular complexity index is 720. The fraction of sp³-hybridized carbons (Fsp3) is 0.278. The second-order valence-electron chi connectivity index (χ2n) is 5.76. The standard InChI is InChI=1S/C18H17F2NO3/c19-12-9-14(10-18(22)23)21(11-12)13-5-7-15(8-6-13)24-17-4-2-1-3-16(17)20/h1-8,12,14H,9-11H2,(H,22,23)/t12-,14-/m0/s1. The van der Waals surface area contributed by atoms with E-state index in [4.69, 9.17) is 9.84 Å². The Hall–Kier alpha value is -2.63. The van der Waals surface area contributed by atoms with E-state index >= 15 is 0 Å². The lowest BCUT2D eigenvalue weighted by Gasteiger charge is -2.25. The van der Waals surface area contributed by atoms with Crippen LogP contribution in [0.1, 0.15) is 12.8 Å². The summed E-state index contributed by atoms with van der Waals surface area (Å²) in [6.07, 6.45) is -0.933. The monoisotopic (exact) mass is 333 g/mol. The molecular weight excluding hydrogens is 316 g/mol. The predicted molar refractivity (Wildman–Crippen MR) is 85.8 cm³/mol. The van der Waals surface area contributed by atoms with Gasteiger partial charge in [0.15, 0.2) is 11.6 Å². The molecule has 1 heterocycles. The molecule has 4 nitrogen and oxygen atoms in total. The summed E-state index contributed by atoms with van der Waals surface area (Å²) in [6.45, 7) is 0.172. The van der Waals surface area contributed by atoms with Crippen molar-refractivity contribution < 1.29 is 23.4 Å². The number of carboxylic acids is 1. The number of nitrogens with zero attached hydrogens (tertiary/aromatic N) is 1. The molecule has 1 fully saturated rings. The SMILES string of the molecule is O=C(O)C[C@@H]1C[C@H](F)CN1c1ccc(Oc2ccccc2F)cc1. The first-order chi connectivity index (χ1) is 11.5. The first-order valence-electron chi connectivity index (χ1n) is 7.68. The van der Waals surface area contributed by atoms with Crippen molar-refractivity contribution in [1.29, 1.82) is 0 Å². The van der Waals surface area contributed by atoms with Crippen LogP contribution in [-0.2, 0) is 4.79 Å². The van der Waals surface area contributed by atoms with Crippen LogP contribution in [0, 0.1) is 5.82 Å². The molecule has 0 aromatic heterocycles. The molecule has 3 rings (SSSR count). The van der Waals surface area contributed by atoms with Crippen LogP contribution in [0.4, 0.5) is 14.5 Å². The molecule has 0 radical (unpaired) electrons. The molecule has 2 aromatic carbocycles. The van der Waals surface area contributed by atoms with E-state index in [1.165, 1.54) is 12.1 Å². The number of carboxylic acid groups (broad SMARTS) is 1. The van der Waals surface area contributed by atoms with Gasteiger partial charge >= 0.3 is 5.97 Å². The van der Waals surface area contributed by atoms with Crippen molar-refractivity contribution >= 4 is 11.7 Å². The summed E-state index contributed by atoms with van der Waals surface area (Å²) >= 11 is 0. The first-order valence-corrected chi connectivity index (χ1v) is 7.68. The van der Waals surface area contributed by atoms with Crippen molar-refractivity contribution in [2.24, 2.45) is 0 Å². The average molecular weight is 333 g/mol. The lowest BCUT2D eigenvalue weighted by molar-refractivity contribution is -0.137. The molecule has 0 aliphatic carbocycles. The van der Waals surface area contributed by atoms with Crippen molar-refractivity contribution in [3.8, 4) is 11.5 Å².